The van der Waals surface area contributed by atoms with Crippen molar-refractivity contribution in [3.8, 4) is 5.75 Å². The van der Waals surface area contributed by atoms with Crippen molar-refractivity contribution in [2.24, 2.45) is 0 Å². The second-order valence-corrected chi connectivity index (χ2v) is 5.86. The number of anilines is 1. The van der Waals surface area contributed by atoms with E-state index >= 15 is 0 Å². The van der Waals surface area contributed by atoms with Crippen LogP contribution in [0.15, 0.2) is 47.1 Å². The number of H-pyrrole nitrogens is 1. The number of aromatic hydroxyl groups is 1. The third-order valence-corrected chi connectivity index (χ3v) is 4.08. The van der Waals surface area contributed by atoms with E-state index in [1.807, 2.05) is 36.5 Å². The van der Waals surface area contributed by atoms with Gasteiger partial charge in [-0.2, -0.15) is 5.10 Å². The molecule has 0 bridgehead atoms. The van der Waals surface area contributed by atoms with Crippen LogP contribution in [0.1, 0.15) is 24.9 Å². The fraction of sp³-hybridized carbons (Fsp3) is 0.188. The van der Waals surface area contributed by atoms with Crippen LogP contribution < -0.4 is 5.32 Å². The number of halogens is 1. The Labute approximate surface area is 131 Å². The van der Waals surface area contributed by atoms with Crippen molar-refractivity contribution in [2.75, 3.05) is 5.32 Å². The molecule has 5 heteroatoms. The molecule has 2 aromatic carbocycles. The molecule has 1 atom stereocenters. The summed E-state index contributed by atoms with van der Waals surface area (Å²) < 4.78 is 0.956. The molecule has 1 heterocycles. The van der Waals surface area contributed by atoms with Crippen molar-refractivity contribution in [1.29, 1.82) is 0 Å². The highest BCUT2D eigenvalue weighted by Gasteiger charge is 2.15. The molecule has 1 aromatic heterocycles. The lowest BCUT2D eigenvalue weighted by molar-refractivity contribution is 0.462. The van der Waals surface area contributed by atoms with Crippen molar-refractivity contribution in [3.05, 3.63) is 52.6 Å². The monoisotopic (exact) mass is 345 g/mol. The Morgan fingerprint density at radius 2 is 2.19 bits per heavy atom. The van der Waals surface area contributed by atoms with E-state index in [2.05, 4.69) is 38.4 Å². The van der Waals surface area contributed by atoms with Crippen LogP contribution in [0.4, 0.5) is 5.69 Å². The summed E-state index contributed by atoms with van der Waals surface area (Å²) in [6.45, 7) is 2.09. The molecule has 0 aliphatic heterocycles. The van der Waals surface area contributed by atoms with Crippen LogP contribution in [-0.2, 0) is 0 Å². The minimum Gasteiger partial charge on any atom is -0.508 e. The molecule has 0 radical (unpaired) electrons. The summed E-state index contributed by atoms with van der Waals surface area (Å²) in [5, 5.41) is 21.7. The van der Waals surface area contributed by atoms with Crippen LogP contribution in [-0.4, -0.2) is 15.3 Å². The Morgan fingerprint density at radius 3 is 3.00 bits per heavy atom. The average Bonchev–Trinajstić information content (AvgIpc) is 2.97. The number of hydrogen-bond donors (Lipinski definition) is 3. The zero-order valence-corrected chi connectivity index (χ0v) is 13.2. The van der Waals surface area contributed by atoms with Crippen LogP contribution in [0.25, 0.3) is 10.9 Å². The van der Waals surface area contributed by atoms with Crippen LogP contribution in [0.3, 0.4) is 0 Å². The van der Waals surface area contributed by atoms with Gasteiger partial charge < -0.3 is 10.4 Å². The number of nitrogens with zero attached hydrogens (tertiary/aromatic N) is 1. The zero-order chi connectivity index (χ0) is 14.8. The average molecular weight is 346 g/mol. The SMILES string of the molecule is CCC(Nc1cccc2[nH]ncc12)c1cc(Br)ccc1O. The summed E-state index contributed by atoms with van der Waals surface area (Å²) in [6, 6.07) is 11.5. The number of aromatic amines is 1. The van der Waals surface area contributed by atoms with Crippen LogP contribution >= 0.6 is 15.9 Å². The highest BCUT2D eigenvalue weighted by atomic mass is 79.9. The largest absolute Gasteiger partial charge is 0.508 e. The third-order valence-electron chi connectivity index (χ3n) is 3.59. The fourth-order valence-corrected chi connectivity index (χ4v) is 2.86. The van der Waals surface area contributed by atoms with Gasteiger partial charge in [-0.1, -0.05) is 28.9 Å². The topological polar surface area (TPSA) is 60.9 Å². The Bertz CT molecular complexity index is 769. The van der Waals surface area contributed by atoms with E-state index in [1.165, 1.54) is 0 Å². The molecule has 0 fully saturated rings. The second-order valence-electron chi connectivity index (χ2n) is 4.95. The van der Waals surface area contributed by atoms with Crippen molar-refractivity contribution in [1.82, 2.24) is 10.2 Å². The molecule has 21 heavy (non-hydrogen) atoms. The van der Waals surface area contributed by atoms with Crippen molar-refractivity contribution in [2.45, 2.75) is 19.4 Å². The number of hydrogen-bond acceptors (Lipinski definition) is 3. The van der Waals surface area contributed by atoms with Crippen LogP contribution in [0.2, 0.25) is 0 Å². The lowest BCUT2D eigenvalue weighted by atomic mass is 10.0. The van der Waals surface area contributed by atoms with Gasteiger partial charge in [-0.3, -0.25) is 5.10 Å². The first-order chi connectivity index (χ1) is 10.2. The molecule has 0 spiro atoms. The van der Waals surface area contributed by atoms with Gasteiger partial charge in [0.2, 0.25) is 0 Å². The zero-order valence-electron chi connectivity index (χ0n) is 11.6. The summed E-state index contributed by atoms with van der Waals surface area (Å²) in [5.41, 5.74) is 2.88. The summed E-state index contributed by atoms with van der Waals surface area (Å²) >= 11 is 3.46. The van der Waals surface area contributed by atoms with E-state index in [4.69, 9.17) is 0 Å². The van der Waals surface area contributed by atoms with Crippen molar-refractivity contribution in [3.63, 3.8) is 0 Å². The molecule has 0 aliphatic rings. The molecule has 4 nitrogen and oxygen atoms in total. The lowest BCUT2D eigenvalue weighted by Crippen LogP contribution is -2.10. The number of phenolic OH excluding ortho intramolecular Hbond substituents is 1. The Hall–Kier alpha value is -2.01. The molecule has 1 unspecified atom stereocenters. The molecule has 0 saturated carbocycles. The van der Waals surface area contributed by atoms with Gasteiger partial charge in [-0.05, 0) is 36.8 Å². The van der Waals surface area contributed by atoms with Crippen molar-refractivity contribution < 1.29 is 5.11 Å². The number of aromatic nitrogens is 2. The third kappa shape index (κ3) is 2.74. The number of rotatable bonds is 4. The minimum absolute atomic E-state index is 0.0306. The van der Waals surface area contributed by atoms with E-state index in [0.29, 0.717) is 5.75 Å². The smallest absolute Gasteiger partial charge is 0.120 e. The number of phenols is 1. The van der Waals surface area contributed by atoms with Gasteiger partial charge in [-0.15, -0.1) is 0 Å². The van der Waals surface area contributed by atoms with E-state index in [9.17, 15) is 5.11 Å². The predicted molar refractivity (Wildman–Crippen MR) is 88.6 cm³/mol. The normalized spacial score (nSPS) is 12.5. The predicted octanol–water partition coefficient (Wildman–Crippen LogP) is 4.59. The van der Waals surface area contributed by atoms with Gasteiger partial charge in [0, 0.05) is 21.1 Å². The maximum Gasteiger partial charge on any atom is 0.120 e. The van der Waals surface area contributed by atoms with Gasteiger partial charge in [0.25, 0.3) is 0 Å². The van der Waals surface area contributed by atoms with Gasteiger partial charge >= 0.3 is 0 Å². The minimum atomic E-state index is 0.0306. The molecule has 0 aliphatic carbocycles. The molecular formula is C16H16BrN3O. The Balaban J connectivity index is 1.98. The first-order valence-electron chi connectivity index (χ1n) is 6.86. The number of fused-ring (bicyclic) bond motifs is 1. The van der Waals surface area contributed by atoms with Gasteiger partial charge in [-0.25, -0.2) is 0 Å². The molecule has 3 aromatic rings. The van der Waals surface area contributed by atoms with Gasteiger partial charge in [0.05, 0.1) is 17.8 Å². The molecular weight excluding hydrogens is 330 g/mol. The van der Waals surface area contributed by atoms with Gasteiger partial charge in [0.15, 0.2) is 0 Å². The van der Waals surface area contributed by atoms with Crippen LogP contribution in [0.5, 0.6) is 5.75 Å². The summed E-state index contributed by atoms with van der Waals surface area (Å²) in [4.78, 5) is 0. The highest BCUT2D eigenvalue weighted by Crippen LogP contribution is 2.33. The van der Waals surface area contributed by atoms with E-state index < -0.39 is 0 Å². The maximum absolute atomic E-state index is 10.1. The summed E-state index contributed by atoms with van der Waals surface area (Å²) in [6.07, 6.45) is 2.67. The molecule has 0 saturated heterocycles. The fourth-order valence-electron chi connectivity index (χ4n) is 2.49. The number of benzene rings is 2. The summed E-state index contributed by atoms with van der Waals surface area (Å²) in [5.74, 6) is 0.303. The standard InChI is InChI=1S/C16H16BrN3O/c1-2-13(11-8-10(17)6-7-16(11)21)19-14-4-3-5-15-12(14)9-18-20-15/h3-9,13,19,21H,2H2,1H3,(H,18,20). The van der Waals surface area contributed by atoms with Crippen molar-refractivity contribution >= 4 is 32.5 Å². The first-order valence-corrected chi connectivity index (χ1v) is 7.65. The highest BCUT2D eigenvalue weighted by molar-refractivity contribution is 9.10. The molecule has 3 rings (SSSR count). The summed E-state index contributed by atoms with van der Waals surface area (Å²) in [7, 11) is 0. The Morgan fingerprint density at radius 1 is 1.33 bits per heavy atom. The molecule has 3 N–H and O–H groups in total. The van der Waals surface area contributed by atoms with E-state index in [1.54, 1.807) is 6.07 Å². The lowest BCUT2D eigenvalue weighted by Gasteiger charge is -2.20. The number of nitrogens with one attached hydrogen (secondary N) is 2. The van der Waals surface area contributed by atoms with Gasteiger partial charge in [0.1, 0.15) is 5.75 Å². The van der Waals surface area contributed by atoms with E-state index in [0.717, 1.165) is 33.0 Å². The van der Waals surface area contributed by atoms with Crippen LogP contribution in [0, 0.1) is 0 Å². The molecule has 108 valence electrons. The maximum atomic E-state index is 10.1. The van der Waals surface area contributed by atoms with E-state index in [-0.39, 0.29) is 6.04 Å². The Kier molecular flexibility index (Phi) is 3.84. The molecule has 0 amide bonds. The quantitative estimate of drug-likeness (QED) is 0.647. The first kappa shape index (κ1) is 13.9. The second kappa shape index (κ2) is 5.77.